The van der Waals surface area contributed by atoms with Crippen molar-refractivity contribution in [3.63, 3.8) is 0 Å². The van der Waals surface area contributed by atoms with Gasteiger partial charge in [-0.3, -0.25) is 14.9 Å². The van der Waals surface area contributed by atoms with Crippen LogP contribution in [-0.2, 0) is 14.8 Å². The molecule has 0 aromatic heterocycles. The molecule has 0 radical (unpaired) electrons. The van der Waals surface area contributed by atoms with Crippen LogP contribution in [-0.4, -0.2) is 47.0 Å². The lowest BCUT2D eigenvalue weighted by Crippen LogP contribution is -2.30. The highest BCUT2D eigenvalue weighted by atomic mass is 32.2. The third-order valence-corrected chi connectivity index (χ3v) is 5.30. The van der Waals surface area contributed by atoms with Crippen molar-refractivity contribution in [3.05, 3.63) is 52.6 Å². The zero-order chi connectivity index (χ0) is 20.9. The van der Waals surface area contributed by atoms with Gasteiger partial charge in [0.25, 0.3) is 5.69 Å². The Morgan fingerprint density at radius 3 is 2.39 bits per heavy atom. The zero-order valence-electron chi connectivity index (χ0n) is 15.5. The number of hydrogen-bond acceptors (Lipinski definition) is 7. The molecular weight excluding hydrogens is 388 g/mol. The molecule has 0 bridgehead atoms. The summed E-state index contributed by atoms with van der Waals surface area (Å²) in [5, 5.41) is 14.1. The molecule has 0 saturated carbocycles. The van der Waals surface area contributed by atoms with Crippen LogP contribution in [0, 0.1) is 10.1 Å². The maximum Gasteiger partial charge on any atom is 0.293 e. The van der Waals surface area contributed by atoms with Gasteiger partial charge >= 0.3 is 0 Å². The first-order valence-electron chi connectivity index (χ1n) is 8.05. The van der Waals surface area contributed by atoms with Crippen LogP contribution in [0.1, 0.15) is 0 Å². The predicted molar refractivity (Wildman–Crippen MR) is 104 cm³/mol. The quantitative estimate of drug-likeness (QED) is 0.501. The largest absolute Gasteiger partial charge is 0.497 e. The Labute approximate surface area is 162 Å². The van der Waals surface area contributed by atoms with Crippen molar-refractivity contribution in [1.29, 1.82) is 0 Å². The van der Waals surface area contributed by atoms with Crippen molar-refractivity contribution in [3.8, 4) is 5.75 Å². The number of anilines is 2. The maximum absolute atomic E-state index is 12.2. The average Bonchev–Trinajstić information content (AvgIpc) is 2.67. The second-order valence-corrected chi connectivity index (χ2v) is 7.63. The summed E-state index contributed by atoms with van der Waals surface area (Å²) in [5.41, 5.74) is 0.241. The van der Waals surface area contributed by atoms with Crippen LogP contribution < -0.4 is 19.7 Å². The van der Waals surface area contributed by atoms with E-state index in [1.54, 1.807) is 24.3 Å². The molecule has 2 N–H and O–H groups in total. The summed E-state index contributed by atoms with van der Waals surface area (Å²) in [6.07, 6.45) is 0. The Kier molecular flexibility index (Phi) is 6.54. The fourth-order valence-corrected chi connectivity index (χ4v) is 3.18. The van der Waals surface area contributed by atoms with E-state index in [0.29, 0.717) is 11.4 Å². The first-order chi connectivity index (χ1) is 13.2. The van der Waals surface area contributed by atoms with E-state index in [4.69, 9.17) is 4.74 Å². The van der Waals surface area contributed by atoms with Crippen molar-refractivity contribution in [2.45, 2.75) is 4.90 Å². The number of hydrogen-bond donors (Lipinski definition) is 2. The van der Waals surface area contributed by atoms with E-state index in [1.165, 1.54) is 38.2 Å². The summed E-state index contributed by atoms with van der Waals surface area (Å²) >= 11 is 0. The SMILES string of the molecule is CNS(=O)(=O)c1ccc(N(C)CC(=O)Nc2ccc(OC)cc2)c([N+](=O)[O-])c1. The average molecular weight is 408 g/mol. The summed E-state index contributed by atoms with van der Waals surface area (Å²) in [6, 6.07) is 10.2. The molecule has 0 aliphatic heterocycles. The van der Waals surface area contributed by atoms with E-state index in [0.717, 1.165) is 6.07 Å². The van der Waals surface area contributed by atoms with Gasteiger partial charge in [-0.05, 0) is 43.4 Å². The number of nitrogens with one attached hydrogen (secondary N) is 2. The van der Waals surface area contributed by atoms with Crippen molar-refractivity contribution in [1.82, 2.24) is 4.72 Å². The van der Waals surface area contributed by atoms with E-state index < -0.39 is 26.5 Å². The van der Waals surface area contributed by atoms with Crippen LogP contribution >= 0.6 is 0 Å². The summed E-state index contributed by atoms with van der Waals surface area (Å²) in [6.45, 7) is -0.176. The molecule has 150 valence electrons. The minimum Gasteiger partial charge on any atom is -0.497 e. The van der Waals surface area contributed by atoms with E-state index >= 15 is 0 Å². The number of carbonyl (C=O) groups excluding carboxylic acids is 1. The highest BCUT2D eigenvalue weighted by Crippen LogP contribution is 2.30. The van der Waals surface area contributed by atoms with E-state index in [9.17, 15) is 23.3 Å². The lowest BCUT2D eigenvalue weighted by molar-refractivity contribution is -0.384. The number of nitrogens with zero attached hydrogens (tertiary/aromatic N) is 2. The predicted octanol–water partition coefficient (Wildman–Crippen LogP) is 1.59. The lowest BCUT2D eigenvalue weighted by Gasteiger charge is -2.19. The molecule has 0 atom stereocenters. The van der Waals surface area contributed by atoms with Crippen molar-refractivity contribution >= 4 is 33.0 Å². The van der Waals surface area contributed by atoms with E-state index in [2.05, 4.69) is 10.0 Å². The van der Waals surface area contributed by atoms with Gasteiger partial charge in [0.15, 0.2) is 0 Å². The summed E-state index contributed by atoms with van der Waals surface area (Å²) in [7, 11) is 0.417. The van der Waals surface area contributed by atoms with Gasteiger partial charge in [0.2, 0.25) is 15.9 Å². The smallest absolute Gasteiger partial charge is 0.293 e. The Balaban J connectivity index is 2.19. The molecule has 2 rings (SSSR count). The van der Waals surface area contributed by atoms with Crippen molar-refractivity contribution in [2.75, 3.05) is 38.0 Å². The summed E-state index contributed by atoms with van der Waals surface area (Å²) in [5.74, 6) is 0.247. The third kappa shape index (κ3) is 4.96. The number of nitro benzene ring substituents is 1. The van der Waals surface area contributed by atoms with Gasteiger partial charge in [-0.15, -0.1) is 0 Å². The zero-order valence-corrected chi connectivity index (χ0v) is 16.3. The number of likely N-dealkylation sites (N-methyl/N-ethyl adjacent to an activating group) is 1. The van der Waals surface area contributed by atoms with Crippen LogP contribution in [0.25, 0.3) is 0 Å². The number of sulfonamides is 1. The third-order valence-electron chi connectivity index (χ3n) is 3.89. The molecule has 10 nitrogen and oxygen atoms in total. The van der Waals surface area contributed by atoms with Gasteiger partial charge in [-0.2, -0.15) is 0 Å². The van der Waals surface area contributed by atoms with Crippen LogP contribution in [0.4, 0.5) is 17.1 Å². The minimum atomic E-state index is -3.83. The monoisotopic (exact) mass is 408 g/mol. The lowest BCUT2D eigenvalue weighted by atomic mass is 10.2. The van der Waals surface area contributed by atoms with Crippen molar-refractivity contribution < 1.29 is 22.9 Å². The second-order valence-electron chi connectivity index (χ2n) is 5.75. The second kappa shape index (κ2) is 8.67. The molecule has 1 amide bonds. The Hall–Kier alpha value is -3.18. The highest BCUT2D eigenvalue weighted by Gasteiger charge is 2.23. The maximum atomic E-state index is 12.2. The molecule has 0 aliphatic rings. The number of ether oxygens (including phenoxy) is 1. The minimum absolute atomic E-state index is 0.116. The number of amides is 1. The van der Waals surface area contributed by atoms with Gasteiger partial charge in [0, 0.05) is 18.8 Å². The van der Waals surface area contributed by atoms with Gasteiger partial charge in [-0.1, -0.05) is 0 Å². The Morgan fingerprint density at radius 1 is 1.21 bits per heavy atom. The van der Waals surface area contributed by atoms with Gasteiger partial charge < -0.3 is 15.0 Å². The number of benzene rings is 2. The van der Waals surface area contributed by atoms with Crippen LogP contribution in [0.15, 0.2) is 47.4 Å². The van der Waals surface area contributed by atoms with Crippen LogP contribution in [0.3, 0.4) is 0 Å². The molecule has 28 heavy (non-hydrogen) atoms. The molecule has 0 unspecified atom stereocenters. The van der Waals surface area contributed by atoms with E-state index in [1.807, 2.05) is 0 Å². The molecule has 0 heterocycles. The summed E-state index contributed by atoms with van der Waals surface area (Å²) < 4.78 is 30.9. The first kappa shape index (κ1) is 21.1. The Morgan fingerprint density at radius 2 is 1.86 bits per heavy atom. The molecule has 11 heteroatoms. The molecule has 0 saturated heterocycles. The molecule has 0 spiro atoms. The summed E-state index contributed by atoms with van der Waals surface area (Å²) in [4.78, 5) is 24.1. The number of methoxy groups -OCH3 is 1. The topological polar surface area (TPSA) is 131 Å². The Bertz CT molecular complexity index is 976. The fourth-order valence-electron chi connectivity index (χ4n) is 2.43. The van der Waals surface area contributed by atoms with Gasteiger partial charge in [0.05, 0.1) is 23.5 Å². The van der Waals surface area contributed by atoms with Gasteiger partial charge in [0.1, 0.15) is 11.4 Å². The van der Waals surface area contributed by atoms with Crippen LogP contribution in [0.2, 0.25) is 0 Å². The highest BCUT2D eigenvalue weighted by molar-refractivity contribution is 7.89. The number of nitro groups is 1. The van der Waals surface area contributed by atoms with Crippen molar-refractivity contribution in [2.24, 2.45) is 0 Å². The van der Waals surface area contributed by atoms with Gasteiger partial charge in [-0.25, -0.2) is 13.1 Å². The fraction of sp³-hybridized carbons (Fsp3) is 0.235. The first-order valence-corrected chi connectivity index (χ1v) is 9.53. The number of carbonyl (C=O) groups is 1. The molecule has 2 aromatic carbocycles. The van der Waals surface area contributed by atoms with Crippen LogP contribution in [0.5, 0.6) is 5.75 Å². The normalized spacial score (nSPS) is 11.0. The molecule has 2 aromatic rings. The number of rotatable bonds is 8. The molecular formula is C17H20N4O6S. The molecule has 0 aliphatic carbocycles. The van der Waals surface area contributed by atoms with E-state index in [-0.39, 0.29) is 17.1 Å². The molecule has 0 fully saturated rings. The standard InChI is InChI=1S/C17H20N4O6S/c1-18-28(25,26)14-8-9-15(16(10-14)21(23)24)20(2)11-17(22)19-12-4-6-13(27-3)7-5-12/h4-10,18H,11H2,1-3H3,(H,19,22).